The van der Waals surface area contributed by atoms with Crippen LogP contribution in [0.15, 0.2) is 6.20 Å². The molecule has 2 atom stereocenters. The van der Waals surface area contributed by atoms with Gasteiger partial charge < -0.3 is 10.2 Å². The number of aryl methyl sites for hydroxylation is 1. The maximum absolute atomic E-state index is 4.72. The lowest BCUT2D eigenvalue weighted by Crippen LogP contribution is -2.35. The Hall–Kier alpha value is -1.16. The zero-order valence-corrected chi connectivity index (χ0v) is 13.7. The Kier molecular flexibility index (Phi) is 4.33. The van der Waals surface area contributed by atoms with Crippen LogP contribution in [0.2, 0.25) is 0 Å². The van der Waals surface area contributed by atoms with Crippen molar-refractivity contribution in [1.82, 2.24) is 15.3 Å². The first-order valence-corrected chi connectivity index (χ1v) is 7.60. The highest BCUT2D eigenvalue weighted by Gasteiger charge is 2.28. The fourth-order valence-corrected chi connectivity index (χ4v) is 2.73. The first kappa shape index (κ1) is 15.2. The molecule has 0 radical (unpaired) electrons. The summed E-state index contributed by atoms with van der Waals surface area (Å²) in [7, 11) is 0. The Labute approximate surface area is 123 Å². The Bertz CT molecular complexity index is 464. The van der Waals surface area contributed by atoms with Crippen molar-refractivity contribution in [3.8, 4) is 0 Å². The fourth-order valence-electron chi connectivity index (χ4n) is 2.73. The molecule has 1 aliphatic heterocycles. The van der Waals surface area contributed by atoms with Gasteiger partial charge >= 0.3 is 0 Å². The molecule has 0 aliphatic carbocycles. The average molecular weight is 276 g/mol. The van der Waals surface area contributed by atoms with Gasteiger partial charge in [0.05, 0.1) is 0 Å². The predicted molar refractivity (Wildman–Crippen MR) is 84.0 cm³/mol. The summed E-state index contributed by atoms with van der Waals surface area (Å²) >= 11 is 0. The van der Waals surface area contributed by atoms with Crippen molar-refractivity contribution in [1.29, 1.82) is 0 Å². The second-order valence-electron chi connectivity index (χ2n) is 7.23. The van der Waals surface area contributed by atoms with Crippen LogP contribution < -0.4 is 10.2 Å². The third-order valence-corrected chi connectivity index (χ3v) is 3.92. The largest absolute Gasteiger partial charge is 0.338 e. The van der Waals surface area contributed by atoms with Gasteiger partial charge in [0.15, 0.2) is 0 Å². The molecule has 0 saturated carbocycles. The zero-order valence-electron chi connectivity index (χ0n) is 13.7. The summed E-state index contributed by atoms with van der Waals surface area (Å²) < 4.78 is 0. The summed E-state index contributed by atoms with van der Waals surface area (Å²) in [5.41, 5.74) is 2.38. The Morgan fingerprint density at radius 3 is 2.55 bits per heavy atom. The predicted octanol–water partition coefficient (Wildman–Crippen LogP) is 2.91. The van der Waals surface area contributed by atoms with Crippen molar-refractivity contribution in [3.63, 3.8) is 0 Å². The second kappa shape index (κ2) is 5.68. The SMILES string of the molecule is Cc1nc(N2CC(C)CC2C)ncc1CNC(C)(C)C. The van der Waals surface area contributed by atoms with E-state index in [4.69, 9.17) is 4.98 Å². The molecule has 2 rings (SSSR count). The van der Waals surface area contributed by atoms with E-state index in [0.29, 0.717) is 6.04 Å². The number of hydrogen-bond donors (Lipinski definition) is 1. The van der Waals surface area contributed by atoms with Crippen LogP contribution in [0.5, 0.6) is 0 Å². The molecule has 2 heterocycles. The molecule has 112 valence electrons. The lowest BCUT2D eigenvalue weighted by molar-refractivity contribution is 0.423. The van der Waals surface area contributed by atoms with Gasteiger partial charge in [-0.25, -0.2) is 9.97 Å². The summed E-state index contributed by atoms with van der Waals surface area (Å²) in [4.78, 5) is 11.6. The quantitative estimate of drug-likeness (QED) is 0.921. The van der Waals surface area contributed by atoms with Gasteiger partial charge in [-0.1, -0.05) is 6.92 Å². The number of nitrogens with one attached hydrogen (secondary N) is 1. The summed E-state index contributed by atoms with van der Waals surface area (Å²) in [6, 6.07) is 0.544. The smallest absolute Gasteiger partial charge is 0.225 e. The summed E-state index contributed by atoms with van der Waals surface area (Å²) in [6.07, 6.45) is 3.21. The molecule has 1 aliphatic rings. The van der Waals surface area contributed by atoms with E-state index in [9.17, 15) is 0 Å². The molecule has 0 amide bonds. The molecule has 0 spiro atoms. The van der Waals surface area contributed by atoms with E-state index in [1.165, 1.54) is 12.0 Å². The third-order valence-electron chi connectivity index (χ3n) is 3.92. The van der Waals surface area contributed by atoms with Gasteiger partial charge in [0.2, 0.25) is 5.95 Å². The number of aromatic nitrogens is 2. The molecular formula is C16H28N4. The van der Waals surface area contributed by atoms with E-state index in [1.54, 1.807) is 0 Å². The van der Waals surface area contributed by atoms with Crippen LogP contribution in [-0.4, -0.2) is 28.1 Å². The number of rotatable bonds is 3. The van der Waals surface area contributed by atoms with Crippen molar-refractivity contribution >= 4 is 5.95 Å². The van der Waals surface area contributed by atoms with Gasteiger partial charge in [0, 0.05) is 42.1 Å². The molecule has 20 heavy (non-hydrogen) atoms. The van der Waals surface area contributed by atoms with E-state index in [-0.39, 0.29) is 5.54 Å². The minimum Gasteiger partial charge on any atom is -0.338 e. The van der Waals surface area contributed by atoms with E-state index < -0.39 is 0 Å². The van der Waals surface area contributed by atoms with Crippen molar-refractivity contribution in [2.24, 2.45) is 5.92 Å². The molecule has 1 fully saturated rings. The zero-order chi connectivity index (χ0) is 14.9. The first-order chi connectivity index (χ1) is 9.26. The highest BCUT2D eigenvalue weighted by Crippen LogP contribution is 2.26. The third kappa shape index (κ3) is 3.69. The Morgan fingerprint density at radius 1 is 1.35 bits per heavy atom. The molecule has 1 aromatic heterocycles. The molecule has 4 heteroatoms. The average Bonchev–Trinajstić information content (AvgIpc) is 2.65. The monoisotopic (exact) mass is 276 g/mol. The topological polar surface area (TPSA) is 41.1 Å². The molecule has 4 nitrogen and oxygen atoms in total. The highest BCUT2D eigenvalue weighted by atomic mass is 15.3. The van der Waals surface area contributed by atoms with E-state index >= 15 is 0 Å². The number of hydrogen-bond acceptors (Lipinski definition) is 4. The Morgan fingerprint density at radius 2 is 2.05 bits per heavy atom. The minimum atomic E-state index is 0.115. The summed E-state index contributed by atoms with van der Waals surface area (Å²) in [6.45, 7) is 15.0. The van der Waals surface area contributed by atoms with Crippen LogP contribution >= 0.6 is 0 Å². The normalized spacial score (nSPS) is 23.4. The van der Waals surface area contributed by atoms with Gasteiger partial charge in [-0.3, -0.25) is 0 Å². The van der Waals surface area contributed by atoms with Crippen LogP contribution in [0.3, 0.4) is 0 Å². The number of nitrogens with zero attached hydrogens (tertiary/aromatic N) is 3. The van der Waals surface area contributed by atoms with Crippen LogP contribution in [0.4, 0.5) is 5.95 Å². The molecule has 1 N–H and O–H groups in total. The maximum Gasteiger partial charge on any atom is 0.225 e. The van der Waals surface area contributed by atoms with Gasteiger partial charge in [-0.05, 0) is 47.0 Å². The van der Waals surface area contributed by atoms with Crippen LogP contribution in [0.1, 0.15) is 52.3 Å². The van der Waals surface area contributed by atoms with Crippen molar-refractivity contribution in [2.75, 3.05) is 11.4 Å². The van der Waals surface area contributed by atoms with Gasteiger partial charge in [0.1, 0.15) is 0 Å². The van der Waals surface area contributed by atoms with Gasteiger partial charge in [-0.2, -0.15) is 0 Å². The molecule has 1 saturated heterocycles. The lowest BCUT2D eigenvalue weighted by Gasteiger charge is -2.23. The van der Waals surface area contributed by atoms with Crippen molar-refractivity contribution < 1.29 is 0 Å². The highest BCUT2D eigenvalue weighted by molar-refractivity contribution is 5.36. The maximum atomic E-state index is 4.72. The Balaban J connectivity index is 2.10. The van der Waals surface area contributed by atoms with Crippen LogP contribution in [0.25, 0.3) is 0 Å². The molecule has 1 aromatic rings. The molecule has 0 aromatic carbocycles. The van der Waals surface area contributed by atoms with Gasteiger partial charge in [-0.15, -0.1) is 0 Å². The van der Waals surface area contributed by atoms with E-state index in [1.807, 2.05) is 6.20 Å². The van der Waals surface area contributed by atoms with Crippen LogP contribution in [0, 0.1) is 12.8 Å². The van der Waals surface area contributed by atoms with Crippen LogP contribution in [-0.2, 0) is 6.54 Å². The first-order valence-electron chi connectivity index (χ1n) is 7.60. The number of anilines is 1. The lowest BCUT2D eigenvalue weighted by atomic mass is 10.1. The fraction of sp³-hybridized carbons (Fsp3) is 0.750. The van der Waals surface area contributed by atoms with E-state index in [0.717, 1.165) is 30.6 Å². The second-order valence-corrected chi connectivity index (χ2v) is 7.23. The summed E-state index contributed by atoms with van der Waals surface area (Å²) in [5, 5.41) is 3.49. The molecular weight excluding hydrogens is 248 g/mol. The van der Waals surface area contributed by atoms with Gasteiger partial charge in [0.25, 0.3) is 0 Å². The standard InChI is InChI=1S/C16H28N4/c1-11-7-12(2)20(10-11)15-17-8-14(13(3)19-15)9-18-16(4,5)6/h8,11-12,18H,7,9-10H2,1-6H3. The van der Waals surface area contributed by atoms with E-state index in [2.05, 4.69) is 56.7 Å². The molecule has 2 unspecified atom stereocenters. The van der Waals surface area contributed by atoms with Crippen molar-refractivity contribution in [3.05, 3.63) is 17.5 Å². The summed E-state index contributed by atoms with van der Waals surface area (Å²) in [5.74, 6) is 1.62. The molecule has 0 bridgehead atoms. The van der Waals surface area contributed by atoms with Crippen molar-refractivity contribution in [2.45, 2.75) is 66.1 Å². The minimum absolute atomic E-state index is 0.115.